The molecule has 35 heavy (non-hydrogen) atoms. The quantitative estimate of drug-likeness (QED) is 0.413. The maximum Gasteiger partial charge on any atom is 0.504 e. The van der Waals surface area contributed by atoms with Gasteiger partial charge in [-0.3, -0.25) is 9.59 Å². The second kappa shape index (κ2) is 7.86. The third kappa shape index (κ3) is 3.67. The lowest BCUT2D eigenvalue weighted by atomic mass is 9.94. The van der Waals surface area contributed by atoms with Crippen molar-refractivity contribution in [1.29, 1.82) is 0 Å². The Bertz CT molecular complexity index is 1710. The second-order valence-corrected chi connectivity index (χ2v) is 8.39. The van der Waals surface area contributed by atoms with Gasteiger partial charge in [0.2, 0.25) is 0 Å². The molecule has 0 bridgehead atoms. The molecule has 4 heterocycles. The summed E-state index contributed by atoms with van der Waals surface area (Å²) in [5.41, 5.74) is 3.65. The molecule has 7 nitrogen and oxygen atoms in total. The van der Waals surface area contributed by atoms with E-state index >= 15 is 0 Å². The molecule has 10 heteroatoms. The van der Waals surface area contributed by atoms with Crippen LogP contribution in [0.1, 0.15) is 5.56 Å². The van der Waals surface area contributed by atoms with Gasteiger partial charge in [-0.25, -0.2) is 0 Å². The number of nitrogens with zero attached hydrogens (tertiary/aromatic N) is 4. The van der Waals surface area contributed by atoms with Crippen LogP contribution in [0.3, 0.4) is 0 Å². The van der Waals surface area contributed by atoms with Gasteiger partial charge in [0.15, 0.2) is 0 Å². The van der Waals surface area contributed by atoms with Crippen molar-refractivity contribution in [3.05, 3.63) is 87.5 Å². The van der Waals surface area contributed by atoms with E-state index in [9.17, 15) is 22.8 Å². The van der Waals surface area contributed by atoms with Gasteiger partial charge >= 0.3 is 6.30 Å². The lowest BCUT2D eigenvalue weighted by Gasteiger charge is -2.14. The van der Waals surface area contributed by atoms with Crippen LogP contribution in [0.15, 0.2) is 70.8 Å². The normalized spacial score (nSPS) is 11.9. The number of hydrogen-bond acceptors (Lipinski definition) is 3. The predicted molar refractivity (Wildman–Crippen MR) is 127 cm³/mol. The van der Waals surface area contributed by atoms with Crippen molar-refractivity contribution in [2.45, 2.75) is 13.2 Å². The van der Waals surface area contributed by atoms with E-state index < -0.39 is 6.30 Å². The van der Waals surface area contributed by atoms with E-state index in [1.165, 1.54) is 15.2 Å². The van der Waals surface area contributed by atoms with Crippen molar-refractivity contribution in [3.8, 4) is 33.5 Å². The average Bonchev–Trinajstić information content (AvgIpc) is 3.44. The fraction of sp³-hybridized carbons (Fsp3) is 0.160. The summed E-state index contributed by atoms with van der Waals surface area (Å²) in [6.07, 6.45) is 0.697. The minimum Gasteiger partial charge on any atom is -0.350 e. The van der Waals surface area contributed by atoms with E-state index in [2.05, 4.69) is 10.1 Å². The molecule has 0 spiro atoms. The maximum absolute atomic E-state index is 13.1. The molecular formula is C25H20F3N5O2. The zero-order valence-electron chi connectivity index (χ0n) is 19.0. The first-order chi connectivity index (χ1) is 16.6. The molecule has 0 aliphatic carbocycles. The highest BCUT2D eigenvalue weighted by molar-refractivity contribution is 6.03. The number of halogens is 3. The number of hydrogen-bond donors (Lipinski definition) is 1. The van der Waals surface area contributed by atoms with Gasteiger partial charge < -0.3 is 14.1 Å². The standard InChI is InChI=1S/C25H20F3N5O2/c1-14-21-19(17-9-20(34)31(2)12-18(17)15-7-5-4-6-8-15)13-32(3)24(35)23(21)30-22(14)16-10-29-33(11-16)25(26,27)28/h4-13,30H,1-3H3. The monoisotopic (exact) mass is 479 g/mol. The lowest BCUT2D eigenvalue weighted by molar-refractivity contribution is -0.212. The van der Waals surface area contributed by atoms with Crippen LogP contribution in [0.2, 0.25) is 0 Å². The molecule has 0 aliphatic rings. The average molecular weight is 479 g/mol. The molecule has 0 fully saturated rings. The number of H-pyrrole nitrogens is 1. The van der Waals surface area contributed by atoms with Crippen LogP contribution in [-0.4, -0.2) is 23.9 Å². The number of benzene rings is 1. The smallest absolute Gasteiger partial charge is 0.350 e. The van der Waals surface area contributed by atoms with Gasteiger partial charge in [0.1, 0.15) is 5.52 Å². The van der Waals surface area contributed by atoms with Gasteiger partial charge in [0.05, 0.1) is 11.9 Å². The Balaban J connectivity index is 1.84. The minimum atomic E-state index is -4.66. The molecule has 0 radical (unpaired) electrons. The molecule has 0 saturated carbocycles. The van der Waals surface area contributed by atoms with Gasteiger partial charge in [-0.15, -0.1) is 13.2 Å². The van der Waals surface area contributed by atoms with Crippen molar-refractivity contribution in [2.24, 2.45) is 14.1 Å². The van der Waals surface area contributed by atoms with E-state index in [4.69, 9.17) is 0 Å². The number of fused-ring (bicyclic) bond motifs is 1. The second-order valence-electron chi connectivity index (χ2n) is 8.39. The van der Waals surface area contributed by atoms with Crippen LogP contribution >= 0.6 is 0 Å². The van der Waals surface area contributed by atoms with E-state index in [-0.39, 0.29) is 26.9 Å². The number of nitrogens with one attached hydrogen (secondary N) is 1. The van der Waals surface area contributed by atoms with Crippen molar-refractivity contribution in [2.75, 3.05) is 0 Å². The SMILES string of the molecule is Cc1c(-c2cnn(C(F)(F)F)c2)[nH]c2c(=O)n(C)cc(-c3cc(=O)n(C)cc3-c3ccccc3)c12. The van der Waals surface area contributed by atoms with Crippen LogP contribution in [0.25, 0.3) is 44.4 Å². The molecule has 0 amide bonds. The Labute approximate surface area is 196 Å². The fourth-order valence-corrected chi connectivity index (χ4v) is 4.37. The summed E-state index contributed by atoms with van der Waals surface area (Å²) >= 11 is 0. The molecule has 4 aromatic heterocycles. The molecule has 0 unspecified atom stereocenters. The molecule has 5 rings (SSSR count). The molecule has 0 atom stereocenters. The molecule has 5 aromatic rings. The minimum absolute atomic E-state index is 0.0826. The van der Waals surface area contributed by atoms with Crippen molar-refractivity contribution >= 4 is 10.9 Å². The van der Waals surface area contributed by atoms with Crippen LogP contribution < -0.4 is 11.1 Å². The number of alkyl halides is 3. The Hall–Kier alpha value is -4.34. The molecule has 0 aliphatic heterocycles. The summed E-state index contributed by atoms with van der Waals surface area (Å²) in [5.74, 6) is 0. The van der Waals surface area contributed by atoms with Crippen molar-refractivity contribution in [1.82, 2.24) is 23.9 Å². The summed E-state index contributed by atoms with van der Waals surface area (Å²) in [5, 5.41) is 3.95. The zero-order chi connectivity index (χ0) is 25.1. The first-order valence-corrected chi connectivity index (χ1v) is 10.7. The number of rotatable bonds is 3. The number of aromatic nitrogens is 5. The van der Waals surface area contributed by atoms with E-state index in [0.29, 0.717) is 27.8 Å². The Morgan fingerprint density at radius 1 is 0.886 bits per heavy atom. The lowest BCUT2D eigenvalue weighted by Crippen LogP contribution is -2.18. The van der Waals surface area contributed by atoms with Crippen molar-refractivity contribution in [3.63, 3.8) is 0 Å². The van der Waals surface area contributed by atoms with Gasteiger partial charge in [-0.1, -0.05) is 30.3 Å². The van der Waals surface area contributed by atoms with Gasteiger partial charge in [-0.05, 0) is 23.6 Å². The summed E-state index contributed by atoms with van der Waals surface area (Å²) in [4.78, 5) is 28.7. The number of aryl methyl sites for hydroxylation is 3. The molecule has 1 aromatic carbocycles. The summed E-state index contributed by atoms with van der Waals surface area (Å²) in [7, 11) is 3.25. The third-order valence-corrected chi connectivity index (χ3v) is 6.11. The highest BCUT2D eigenvalue weighted by Gasteiger charge is 2.32. The van der Waals surface area contributed by atoms with Crippen molar-refractivity contribution < 1.29 is 13.2 Å². The van der Waals surface area contributed by atoms with Gasteiger partial charge in [-0.2, -0.15) is 9.78 Å². The van der Waals surface area contributed by atoms with Gasteiger partial charge in [0.25, 0.3) is 11.1 Å². The van der Waals surface area contributed by atoms with Crippen LogP contribution in [-0.2, 0) is 20.4 Å². The Morgan fingerprint density at radius 3 is 2.23 bits per heavy atom. The number of pyridine rings is 2. The van der Waals surface area contributed by atoms with E-state index in [0.717, 1.165) is 23.5 Å². The fourth-order valence-electron chi connectivity index (χ4n) is 4.37. The molecule has 0 saturated heterocycles. The summed E-state index contributed by atoms with van der Waals surface area (Å²) in [6.45, 7) is 1.73. The topological polar surface area (TPSA) is 77.6 Å². The van der Waals surface area contributed by atoms with E-state index in [1.807, 2.05) is 30.3 Å². The Kier molecular flexibility index (Phi) is 5.04. The Morgan fingerprint density at radius 2 is 1.57 bits per heavy atom. The molecule has 1 N–H and O–H groups in total. The largest absolute Gasteiger partial charge is 0.504 e. The zero-order valence-corrected chi connectivity index (χ0v) is 19.0. The number of aromatic amines is 1. The predicted octanol–water partition coefficient (Wildman–Crippen LogP) is 4.55. The molecular weight excluding hydrogens is 459 g/mol. The summed E-state index contributed by atoms with van der Waals surface area (Å²) < 4.78 is 42.1. The van der Waals surface area contributed by atoms with Crippen LogP contribution in [0, 0.1) is 6.92 Å². The van der Waals surface area contributed by atoms with Crippen LogP contribution in [0.4, 0.5) is 13.2 Å². The van der Waals surface area contributed by atoms with Crippen LogP contribution in [0.5, 0.6) is 0 Å². The van der Waals surface area contributed by atoms with Gasteiger partial charge in [0, 0.05) is 60.8 Å². The molecule has 178 valence electrons. The summed E-state index contributed by atoms with van der Waals surface area (Å²) in [6, 6.07) is 11.0. The highest BCUT2D eigenvalue weighted by Crippen LogP contribution is 2.38. The maximum atomic E-state index is 13.1. The highest BCUT2D eigenvalue weighted by atomic mass is 19.4. The van der Waals surface area contributed by atoms with E-state index in [1.54, 1.807) is 33.4 Å². The third-order valence-electron chi connectivity index (χ3n) is 6.11. The first-order valence-electron chi connectivity index (χ1n) is 10.7. The first kappa shape index (κ1) is 22.5.